The van der Waals surface area contributed by atoms with Gasteiger partial charge in [0.05, 0.1) is 29.8 Å². The molecule has 0 spiro atoms. The van der Waals surface area contributed by atoms with Crippen LogP contribution in [0, 0.1) is 100 Å². The second-order valence-electron chi connectivity index (χ2n) is 17.9. The number of hydrogen-bond acceptors (Lipinski definition) is 7. The van der Waals surface area contributed by atoms with E-state index in [1.807, 2.05) is 6.92 Å². The zero-order valence-corrected chi connectivity index (χ0v) is 26.9. The molecule has 0 N–H and O–H groups in total. The molecule has 7 heteroatoms. The van der Waals surface area contributed by atoms with Crippen molar-refractivity contribution in [3.63, 3.8) is 0 Å². The first-order valence-electron chi connectivity index (χ1n) is 18.1. The van der Waals surface area contributed by atoms with Crippen LogP contribution in [0.4, 0.5) is 0 Å². The average Bonchev–Trinajstić information content (AvgIpc) is 3.81. The molecule has 0 radical (unpaired) electrons. The fourth-order valence-corrected chi connectivity index (χ4v) is 14.5. The minimum absolute atomic E-state index is 0. The Morgan fingerprint density at radius 3 is 1.87 bits per heavy atom. The Morgan fingerprint density at radius 1 is 0.731 bits per heavy atom. The van der Waals surface area contributed by atoms with Crippen molar-refractivity contribution >= 4 is 23.9 Å². The highest BCUT2D eigenvalue weighted by Crippen LogP contribution is 2.68. The van der Waals surface area contributed by atoms with Crippen molar-refractivity contribution in [1.82, 2.24) is 0 Å². The van der Waals surface area contributed by atoms with Gasteiger partial charge in [-0.1, -0.05) is 73.3 Å². The summed E-state index contributed by atoms with van der Waals surface area (Å²) >= 11 is 0. The molecule has 304 valence electrons. The molecule has 8 saturated carbocycles. The van der Waals surface area contributed by atoms with Gasteiger partial charge in [0, 0.05) is 5.92 Å². The van der Waals surface area contributed by atoms with Crippen molar-refractivity contribution in [1.29, 1.82) is 0 Å². The van der Waals surface area contributed by atoms with E-state index in [4.69, 9.17) is 14.2 Å². The van der Waals surface area contributed by atoms with Gasteiger partial charge in [0.25, 0.3) is 0 Å². The van der Waals surface area contributed by atoms with Crippen LogP contribution in [0.5, 0.6) is 0 Å². The summed E-state index contributed by atoms with van der Waals surface area (Å²) < 4.78 is 17.8. The van der Waals surface area contributed by atoms with Crippen LogP contribution in [0.1, 0.15) is 151 Å². The van der Waals surface area contributed by atoms with Crippen molar-refractivity contribution in [2.75, 3.05) is 6.61 Å². The first kappa shape index (κ1) is 48.1. The lowest BCUT2D eigenvalue weighted by Crippen LogP contribution is -2.60. The molecule has 0 amide bonds. The van der Waals surface area contributed by atoms with Crippen molar-refractivity contribution in [2.24, 2.45) is 100 Å². The summed E-state index contributed by atoms with van der Waals surface area (Å²) in [6.45, 7) is 9.10. The number of carbonyl (C=O) groups excluding carboxylic acids is 4. The third-order valence-corrected chi connectivity index (χ3v) is 16.3. The number of hydrogen-bond donors (Lipinski definition) is 0. The van der Waals surface area contributed by atoms with E-state index >= 15 is 4.79 Å². The number of cyclic esters (lactones) is 3. The van der Waals surface area contributed by atoms with Crippen LogP contribution in [0.15, 0.2) is 0 Å². The van der Waals surface area contributed by atoms with Crippen LogP contribution >= 0.6 is 0 Å². The summed E-state index contributed by atoms with van der Waals surface area (Å²) in [4.78, 5) is 53.8. The molecular formula is C45H82O7. The average molecular weight is 735 g/mol. The number of rotatable bonds is 6. The summed E-state index contributed by atoms with van der Waals surface area (Å²) in [5, 5.41) is 0. The number of esters is 4. The predicted octanol–water partition coefficient (Wildman–Crippen LogP) is 10.9. The minimum Gasteiger partial charge on any atom is -0.465 e. The van der Waals surface area contributed by atoms with E-state index in [2.05, 4.69) is 20.8 Å². The topological polar surface area (TPSA) is 96.0 Å². The maximum absolute atomic E-state index is 15.2. The van der Waals surface area contributed by atoms with Gasteiger partial charge in [-0.15, -0.1) is 0 Å². The first-order valence-corrected chi connectivity index (χ1v) is 18.1. The molecule has 13 atom stereocenters. The molecule has 10 rings (SSSR count). The van der Waals surface area contributed by atoms with Gasteiger partial charge >= 0.3 is 23.9 Å². The van der Waals surface area contributed by atoms with Crippen LogP contribution < -0.4 is 0 Å². The third kappa shape index (κ3) is 6.30. The highest BCUT2D eigenvalue weighted by molar-refractivity contribution is 5.96. The standard InChI is InChI=1S/C37H50O7.8CH4/c1-16-24-13-25(27-15-42-33(39)30(24)27)26(16)14-36(3,35(41)44-37(4)22-8-18-7-19(10-22)11-23(37)9-18)31-21-6-5-20(12-21)29(31)28-17(2)32(38)43-34(28)40;;;;;;;;/h16-31H,5-15H2,1-4H3;8*1H4. The maximum Gasteiger partial charge on any atom is 0.317 e. The fourth-order valence-electron chi connectivity index (χ4n) is 14.5. The molecule has 8 bridgehead atoms. The molecule has 2 aliphatic heterocycles. The van der Waals surface area contributed by atoms with Crippen molar-refractivity contribution in [2.45, 2.75) is 157 Å². The molecule has 52 heavy (non-hydrogen) atoms. The largest absolute Gasteiger partial charge is 0.465 e. The molecule has 10 aliphatic rings. The van der Waals surface area contributed by atoms with E-state index in [0.717, 1.165) is 43.9 Å². The van der Waals surface area contributed by atoms with Crippen molar-refractivity contribution in [3.8, 4) is 0 Å². The molecular weight excluding hydrogens is 652 g/mol. The van der Waals surface area contributed by atoms with Crippen LogP contribution in [-0.4, -0.2) is 36.1 Å². The smallest absolute Gasteiger partial charge is 0.317 e. The zero-order valence-electron chi connectivity index (χ0n) is 26.9. The van der Waals surface area contributed by atoms with Gasteiger partial charge in [0.2, 0.25) is 0 Å². The molecule has 0 aromatic heterocycles. The van der Waals surface area contributed by atoms with Crippen molar-refractivity contribution < 1.29 is 33.4 Å². The molecule has 2 heterocycles. The first-order chi connectivity index (χ1) is 21.0. The van der Waals surface area contributed by atoms with Crippen LogP contribution in [-0.2, 0) is 33.4 Å². The van der Waals surface area contributed by atoms with Crippen LogP contribution in [0.25, 0.3) is 0 Å². The lowest BCUT2D eigenvalue weighted by molar-refractivity contribution is -0.218. The van der Waals surface area contributed by atoms with Crippen molar-refractivity contribution in [3.05, 3.63) is 0 Å². The maximum atomic E-state index is 15.2. The van der Waals surface area contributed by atoms with Gasteiger partial charge in [0.1, 0.15) is 5.60 Å². The van der Waals surface area contributed by atoms with Gasteiger partial charge < -0.3 is 14.2 Å². The fraction of sp³-hybridized carbons (Fsp3) is 0.911. The summed E-state index contributed by atoms with van der Waals surface area (Å²) in [5.41, 5.74) is -1.19. The normalized spacial score (nSPS) is 47.2. The third-order valence-electron chi connectivity index (χ3n) is 16.3. The number of ether oxygens (including phenoxy) is 3. The quantitative estimate of drug-likeness (QED) is 0.152. The molecule has 2 saturated heterocycles. The Bertz CT molecular complexity index is 1280. The predicted molar refractivity (Wildman–Crippen MR) is 212 cm³/mol. The zero-order chi connectivity index (χ0) is 30.4. The lowest BCUT2D eigenvalue weighted by Gasteiger charge is -2.60. The van der Waals surface area contributed by atoms with E-state index in [-0.39, 0.29) is 101 Å². The van der Waals surface area contributed by atoms with Crippen LogP contribution in [0.2, 0.25) is 0 Å². The van der Waals surface area contributed by atoms with E-state index in [1.165, 1.54) is 32.1 Å². The van der Waals surface area contributed by atoms with Gasteiger partial charge in [-0.05, 0) is 149 Å². The molecule has 0 aromatic rings. The second kappa shape index (κ2) is 16.0. The van der Waals surface area contributed by atoms with E-state index < -0.39 is 28.8 Å². The Balaban J connectivity index is 0.00000169. The van der Waals surface area contributed by atoms with E-state index in [0.29, 0.717) is 54.0 Å². The number of fused-ring (bicyclic) bond motifs is 7. The Morgan fingerprint density at radius 2 is 1.31 bits per heavy atom. The highest BCUT2D eigenvalue weighted by atomic mass is 16.6. The molecule has 10 fully saturated rings. The minimum atomic E-state index is -0.768. The molecule has 13 unspecified atom stereocenters. The van der Waals surface area contributed by atoms with Gasteiger partial charge in [-0.25, -0.2) is 0 Å². The van der Waals surface area contributed by atoms with Crippen LogP contribution in [0.3, 0.4) is 0 Å². The highest BCUT2D eigenvalue weighted by Gasteiger charge is 2.68. The molecule has 7 nitrogen and oxygen atoms in total. The number of carbonyl (C=O) groups is 4. The van der Waals surface area contributed by atoms with Gasteiger partial charge in [0.15, 0.2) is 0 Å². The summed E-state index contributed by atoms with van der Waals surface area (Å²) in [6, 6.07) is 0. The van der Waals surface area contributed by atoms with Gasteiger partial charge in [-0.3, -0.25) is 19.2 Å². The van der Waals surface area contributed by atoms with Gasteiger partial charge in [-0.2, -0.15) is 0 Å². The van der Waals surface area contributed by atoms with E-state index in [1.54, 1.807) is 0 Å². The molecule has 8 aliphatic carbocycles. The molecule has 0 aromatic carbocycles. The second-order valence-corrected chi connectivity index (χ2v) is 17.9. The van der Waals surface area contributed by atoms with E-state index in [9.17, 15) is 14.4 Å². The summed E-state index contributed by atoms with van der Waals surface area (Å²) in [7, 11) is 0. The lowest BCUT2D eigenvalue weighted by atomic mass is 9.50. The monoisotopic (exact) mass is 735 g/mol. The Labute approximate surface area is 320 Å². The summed E-state index contributed by atoms with van der Waals surface area (Å²) in [6.07, 6.45) is 11.0. The SMILES string of the molecule is C.C.C.C.C.C.C.C.CC1C(=O)OC(=O)C1C1C2CCC(C2)C1C(C)(CC1C(C)C2CC1C1COC(=O)C21)C(=O)OC1(C)C2CC3CC(C2)CC1C3. The Kier molecular flexibility index (Phi) is 14.8. The Hall–Kier alpha value is -1.92. The summed E-state index contributed by atoms with van der Waals surface area (Å²) in [5.74, 6) is 2.92.